The molecule has 0 N–H and O–H groups in total. The van der Waals surface area contributed by atoms with Crippen LogP contribution >= 0.6 is 0 Å². The van der Waals surface area contributed by atoms with Crippen LogP contribution in [0, 0.1) is 0 Å². The highest BCUT2D eigenvalue weighted by molar-refractivity contribution is 7.05. The Labute approximate surface area is 422 Å². The van der Waals surface area contributed by atoms with E-state index in [9.17, 15) is 0 Å². The van der Waals surface area contributed by atoms with Gasteiger partial charge >= 0.3 is 0 Å². The number of nitrogens with zero attached hydrogens (tertiary/aromatic N) is 2. The number of benzene rings is 9. The zero-order valence-electron chi connectivity index (χ0n) is 42.6. The van der Waals surface area contributed by atoms with E-state index in [1.54, 1.807) is 0 Å². The third-order valence-electron chi connectivity index (χ3n) is 16.2. The summed E-state index contributed by atoms with van der Waals surface area (Å²) in [4.78, 5) is 5.36. The molecule has 0 atom stereocenters. The Morgan fingerprint density at radius 3 is 1.25 bits per heavy atom. The van der Waals surface area contributed by atoms with Gasteiger partial charge in [-0.1, -0.05) is 243 Å². The van der Waals surface area contributed by atoms with Gasteiger partial charge in [-0.15, -0.1) is 0 Å². The van der Waals surface area contributed by atoms with E-state index >= 15 is 0 Å². The van der Waals surface area contributed by atoms with E-state index in [1.807, 2.05) is 0 Å². The van der Waals surface area contributed by atoms with E-state index < -0.39 is 0 Å². The molecule has 9 aromatic rings. The molecular formula is C66H59B3N2. The van der Waals surface area contributed by atoms with Crippen molar-refractivity contribution < 1.29 is 0 Å². The van der Waals surface area contributed by atoms with E-state index in [2.05, 4.69) is 266 Å². The molecule has 0 amide bonds. The lowest BCUT2D eigenvalue weighted by Crippen LogP contribution is -2.69. The number of hydrogen-bond acceptors (Lipinski definition) is 2. The van der Waals surface area contributed by atoms with Crippen LogP contribution < -0.4 is 59.0 Å². The second-order valence-corrected chi connectivity index (χ2v) is 23.7. The van der Waals surface area contributed by atoms with Crippen LogP contribution in [-0.2, 0) is 16.2 Å². The van der Waals surface area contributed by atoms with Crippen molar-refractivity contribution in [1.82, 2.24) is 0 Å². The standard InChI is InChI=1S/C66H59B3N2/c1-64(2,3)46-28-32-49(33-29-46)67-51-23-16-17-26-57(51)70-59-40-48(66(7,8)9)41-60-61(59)69(56-39-45(38-55(67)63(56)70)43-21-14-11-15-22-43)53-25-18-24-52-62(53)71(60)58-36-27-44(42-19-12-10-13-20-42)37-54(58)68(52)50-34-30-47(31-35-50)65(4,5)6/h10-41H,1-9H3. The van der Waals surface area contributed by atoms with Crippen molar-refractivity contribution in [2.75, 3.05) is 9.80 Å². The normalized spacial score (nSPS) is 14.1. The van der Waals surface area contributed by atoms with Crippen LogP contribution in [0.3, 0.4) is 0 Å². The van der Waals surface area contributed by atoms with Gasteiger partial charge in [-0.25, -0.2) is 0 Å². The molecule has 2 nitrogen and oxygen atoms in total. The Kier molecular flexibility index (Phi) is 9.64. The lowest BCUT2D eigenvalue weighted by atomic mass is 9.28. The van der Waals surface area contributed by atoms with Crippen molar-refractivity contribution in [1.29, 1.82) is 0 Å². The number of fused-ring (bicyclic) bond motifs is 8. The van der Waals surface area contributed by atoms with Crippen LogP contribution in [0.2, 0.25) is 0 Å². The maximum absolute atomic E-state index is 2.68. The molecule has 0 bridgehead atoms. The van der Waals surface area contributed by atoms with E-state index in [1.165, 1.54) is 122 Å². The molecule has 0 radical (unpaired) electrons. The Hall–Kier alpha value is -7.23. The molecule has 0 saturated carbocycles. The highest BCUT2D eigenvalue weighted by Gasteiger charge is 2.51. The number of hydrogen-bond donors (Lipinski definition) is 0. The summed E-state index contributed by atoms with van der Waals surface area (Å²) in [6, 6.07) is 75.1. The average molecular weight is 913 g/mol. The first-order valence-corrected chi connectivity index (χ1v) is 25.8. The second kappa shape index (κ2) is 15.6. The summed E-state index contributed by atoms with van der Waals surface area (Å²) in [5.41, 5.74) is 28.9. The van der Waals surface area contributed by atoms with Crippen LogP contribution in [0.4, 0.5) is 34.1 Å². The van der Waals surface area contributed by atoms with Crippen LogP contribution in [0.1, 0.15) is 79.0 Å². The Bertz CT molecular complexity index is 3600. The fraction of sp³-hybridized carbons (Fsp3) is 0.182. The van der Waals surface area contributed by atoms with Gasteiger partial charge in [0, 0.05) is 34.1 Å². The van der Waals surface area contributed by atoms with Gasteiger partial charge in [0.2, 0.25) is 13.4 Å². The van der Waals surface area contributed by atoms with Crippen molar-refractivity contribution in [3.63, 3.8) is 0 Å². The molecule has 71 heavy (non-hydrogen) atoms. The molecule has 0 aliphatic carbocycles. The highest BCUT2D eigenvalue weighted by atomic mass is 15.2. The summed E-state index contributed by atoms with van der Waals surface area (Å²) in [6.45, 7) is 21.1. The van der Waals surface area contributed by atoms with E-state index in [-0.39, 0.29) is 36.4 Å². The van der Waals surface area contributed by atoms with Crippen LogP contribution in [0.25, 0.3) is 22.3 Å². The Morgan fingerprint density at radius 2 is 0.704 bits per heavy atom. The summed E-state index contributed by atoms with van der Waals surface area (Å²) in [5.74, 6) is 0. The molecule has 4 heterocycles. The first-order chi connectivity index (χ1) is 34.1. The topological polar surface area (TPSA) is 6.48 Å². The van der Waals surface area contributed by atoms with Gasteiger partial charge in [0.25, 0.3) is 6.71 Å². The van der Waals surface area contributed by atoms with Crippen molar-refractivity contribution in [3.8, 4) is 22.3 Å². The molecule has 342 valence electrons. The lowest BCUT2D eigenvalue weighted by Gasteiger charge is -2.50. The van der Waals surface area contributed by atoms with Crippen molar-refractivity contribution >= 4 is 103 Å². The summed E-state index contributed by atoms with van der Waals surface area (Å²) in [5, 5.41) is 0. The van der Waals surface area contributed by atoms with Gasteiger partial charge in [0.15, 0.2) is 0 Å². The van der Waals surface area contributed by atoms with Gasteiger partial charge in [-0.2, -0.15) is 0 Å². The molecule has 0 fully saturated rings. The Balaban J connectivity index is 1.13. The summed E-state index contributed by atoms with van der Waals surface area (Å²) < 4.78 is 0. The first kappa shape index (κ1) is 43.8. The molecule has 0 unspecified atom stereocenters. The largest absolute Gasteiger partial charge is 0.312 e. The number of rotatable bonds is 4. The smallest absolute Gasteiger partial charge is 0.252 e. The van der Waals surface area contributed by atoms with Crippen molar-refractivity contribution in [2.24, 2.45) is 0 Å². The van der Waals surface area contributed by atoms with Crippen molar-refractivity contribution in [3.05, 3.63) is 211 Å². The third-order valence-corrected chi connectivity index (χ3v) is 16.2. The fourth-order valence-corrected chi connectivity index (χ4v) is 12.6. The second-order valence-electron chi connectivity index (χ2n) is 23.7. The number of para-hydroxylation sites is 2. The molecule has 9 aromatic carbocycles. The van der Waals surface area contributed by atoms with Crippen molar-refractivity contribution in [2.45, 2.75) is 78.6 Å². The van der Waals surface area contributed by atoms with Gasteiger partial charge in [-0.3, -0.25) is 0 Å². The Morgan fingerprint density at radius 1 is 0.282 bits per heavy atom. The molecule has 13 rings (SSSR count). The molecule has 0 aromatic heterocycles. The zero-order chi connectivity index (χ0) is 48.7. The van der Waals surface area contributed by atoms with Gasteiger partial charge in [-0.05, 0) is 118 Å². The van der Waals surface area contributed by atoms with Crippen LogP contribution in [0.5, 0.6) is 0 Å². The minimum absolute atomic E-state index is 0.0166. The van der Waals surface area contributed by atoms with E-state index in [0.717, 1.165) is 0 Å². The monoisotopic (exact) mass is 912 g/mol. The van der Waals surface area contributed by atoms with Gasteiger partial charge in [0.1, 0.15) is 0 Å². The number of anilines is 6. The lowest BCUT2D eigenvalue weighted by molar-refractivity contribution is 0.590. The maximum Gasteiger partial charge on any atom is 0.252 e. The molecule has 0 saturated heterocycles. The summed E-state index contributed by atoms with van der Waals surface area (Å²) in [7, 11) is 0. The fourth-order valence-electron chi connectivity index (χ4n) is 12.6. The molecule has 4 aliphatic heterocycles. The van der Waals surface area contributed by atoms with E-state index in [0.29, 0.717) is 0 Å². The SMILES string of the molecule is CC(C)(C)c1ccc(B2c3cc(-c4ccccc4)ccc3N3c4cc(C(C)(C)C)cc5c4B(c4cccc2c43)c2cc(-c3ccccc3)cc3c2N5c2ccccc2B3c2ccc(C(C)(C)C)cc2)cc1. The minimum atomic E-state index is -0.124. The minimum Gasteiger partial charge on any atom is -0.312 e. The quantitative estimate of drug-likeness (QED) is 0.162. The first-order valence-electron chi connectivity index (χ1n) is 25.8. The predicted molar refractivity (Wildman–Crippen MR) is 310 cm³/mol. The highest BCUT2D eigenvalue weighted by Crippen LogP contribution is 2.47. The molecule has 4 aliphatic rings. The third kappa shape index (κ3) is 6.79. The zero-order valence-corrected chi connectivity index (χ0v) is 42.6. The summed E-state index contributed by atoms with van der Waals surface area (Å²) in [6.07, 6.45) is 0. The molecule has 5 heteroatoms. The molecular weight excluding hydrogens is 853 g/mol. The van der Waals surface area contributed by atoms with Crippen LogP contribution in [0.15, 0.2) is 194 Å². The van der Waals surface area contributed by atoms with Crippen LogP contribution in [-0.4, -0.2) is 20.1 Å². The summed E-state index contributed by atoms with van der Waals surface area (Å²) >= 11 is 0. The predicted octanol–water partition coefficient (Wildman–Crippen LogP) is 10.7. The molecule has 0 spiro atoms. The van der Waals surface area contributed by atoms with Gasteiger partial charge < -0.3 is 9.80 Å². The maximum atomic E-state index is 2.68. The average Bonchev–Trinajstić information content (AvgIpc) is 3.38. The van der Waals surface area contributed by atoms with Gasteiger partial charge in [0.05, 0.1) is 0 Å². The van der Waals surface area contributed by atoms with E-state index in [4.69, 9.17) is 0 Å².